The molecule has 8 rings (SSSR count). The molecular formula is C52H44Cl4N6O8. The summed E-state index contributed by atoms with van der Waals surface area (Å²) in [6, 6.07) is 22.3. The molecule has 2 aliphatic heterocycles. The Labute approximate surface area is 424 Å². The van der Waals surface area contributed by atoms with Crippen molar-refractivity contribution >= 4 is 63.9 Å². The number of piperidine rings is 2. The lowest BCUT2D eigenvalue weighted by Gasteiger charge is -2.30. The molecule has 358 valence electrons. The maximum Gasteiger partial charge on any atom is 0.257 e. The predicted octanol–water partition coefficient (Wildman–Crippen LogP) is 10.7. The number of hydrogen-bond acceptors (Lipinski definition) is 11. The van der Waals surface area contributed by atoms with Crippen LogP contribution in [0.15, 0.2) is 97.6 Å². The Balaban J connectivity index is 1.01. The van der Waals surface area contributed by atoms with Crippen LogP contribution in [0, 0.1) is 17.9 Å². The Bertz CT molecular complexity index is 2820. The van der Waals surface area contributed by atoms with E-state index in [9.17, 15) is 25.1 Å². The number of likely N-dealkylation sites (tertiary alicyclic amines) is 2. The number of hydrogen-bond donors (Lipinski definition) is 2. The molecule has 2 fully saturated rings. The van der Waals surface area contributed by atoms with Gasteiger partial charge >= 0.3 is 0 Å². The average Bonchev–Trinajstić information content (AvgIpc) is 3.37. The third-order valence-corrected chi connectivity index (χ3v) is 13.2. The number of carbonyl (C=O) groups excluding carboxylic acids is 2. The zero-order chi connectivity index (χ0) is 49.3. The van der Waals surface area contributed by atoms with Gasteiger partial charge in [-0.05, 0) is 55.5 Å². The lowest BCUT2D eigenvalue weighted by Crippen LogP contribution is -2.42. The minimum absolute atomic E-state index is 0.00136. The number of pyridine rings is 2. The van der Waals surface area contributed by atoms with Crippen molar-refractivity contribution < 1.29 is 38.7 Å². The van der Waals surface area contributed by atoms with E-state index in [2.05, 4.69) is 20.9 Å². The van der Waals surface area contributed by atoms with E-state index in [0.29, 0.717) is 93.4 Å². The lowest BCUT2D eigenvalue weighted by atomic mass is 10.0. The molecule has 2 unspecified atom stereocenters. The number of nitriles is 1. The molecule has 4 aromatic carbocycles. The number of amides is 2. The summed E-state index contributed by atoms with van der Waals surface area (Å²) in [6.45, 7) is 8.55. The number of carbonyl (C=O) groups is 2. The van der Waals surface area contributed by atoms with E-state index in [4.69, 9.17) is 71.9 Å². The van der Waals surface area contributed by atoms with Gasteiger partial charge in [0.05, 0.1) is 55.6 Å². The zero-order valence-electron chi connectivity index (χ0n) is 37.4. The van der Waals surface area contributed by atoms with Crippen molar-refractivity contribution in [2.45, 2.75) is 64.3 Å². The largest absolute Gasteiger partial charge is 0.488 e. The van der Waals surface area contributed by atoms with Gasteiger partial charge in [0.25, 0.3) is 11.8 Å². The fraction of sp³-hybridized carbons (Fsp3) is 0.269. The third kappa shape index (κ3) is 11.9. The van der Waals surface area contributed by atoms with E-state index < -0.39 is 12.2 Å². The average molecular weight is 1020 g/mol. The Hall–Kier alpha value is -6.62. The molecule has 0 radical (unpaired) electrons. The van der Waals surface area contributed by atoms with Crippen molar-refractivity contribution in [1.29, 1.82) is 5.26 Å². The number of rotatable bonds is 15. The van der Waals surface area contributed by atoms with Crippen molar-refractivity contribution in [1.82, 2.24) is 19.8 Å². The highest BCUT2D eigenvalue weighted by Crippen LogP contribution is 2.41. The first-order chi connectivity index (χ1) is 33.9. The highest BCUT2D eigenvalue weighted by molar-refractivity contribution is 6.37. The zero-order valence-corrected chi connectivity index (χ0v) is 40.4. The number of ether oxygens (including phenoxy) is 4. The van der Waals surface area contributed by atoms with Gasteiger partial charge in [-0.2, -0.15) is 5.26 Å². The molecule has 14 nitrogen and oxygen atoms in total. The fourth-order valence-electron chi connectivity index (χ4n) is 8.16. The van der Waals surface area contributed by atoms with Gasteiger partial charge in [-0.3, -0.25) is 19.6 Å². The van der Waals surface area contributed by atoms with Gasteiger partial charge in [-0.1, -0.05) is 82.8 Å². The van der Waals surface area contributed by atoms with Gasteiger partial charge in [-0.15, -0.1) is 0 Å². The predicted molar refractivity (Wildman–Crippen MR) is 264 cm³/mol. The molecule has 18 heteroatoms. The molecular weight excluding hydrogens is 978 g/mol. The molecule has 0 saturated carbocycles. The molecule has 4 heterocycles. The molecule has 0 spiro atoms. The maximum absolute atomic E-state index is 13.8. The summed E-state index contributed by atoms with van der Waals surface area (Å²) >= 11 is 27.8. The number of aromatic nitrogens is 2. The highest BCUT2D eigenvalue weighted by atomic mass is 35.5. The molecule has 70 heavy (non-hydrogen) atoms. The van der Waals surface area contributed by atoms with Crippen molar-refractivity contribution in [3.05, 3.63) is 168 Å². The van der Waals surface area contributed by atoms with Gasteiger partial charge in [0.15, 0.2) is 0 Å². The fourth-order valence-corrected chi connectivity index (χ4v) is 9.16. The Kier molecular flexibility index (Phi) is 16.3. The number of benzene rings is 4. The molecule has 6 aromatic rings. The van der Waals surface area contributed by atoms with E-state index in [1.54, 1.807) is 52.5 Å². The smallest absolute Gasteiger partial charge is 0.257 e. The van der Waals surface area contributed by atoms with Crippen LogP contribution < -0.4 is 18.9 Å². The second-order valence-electron chi connectivity index (χ2n) is 16.7. The minimum atomic E-state index is -0.643. The summed E-state index contributed by atoms with van der Waals surface area (Å²) < 4.78 is 24.9. The topological polar surface area (TPSA) is 172 Å². The van der Waals surface area contributed by atoms with Crippen LogP contribution in [0.3, 0.4) is 0 Å². The van der Waals surface area contributed by atoms with Crippen LogP contribution in [-0.2, 0) is 26.4 Å². The molecule has 2 N–H and O–H groups in total. The standard InChI is InChI=1S/C52H44Cl4N6O8/c1-58-36-15-33(23-60-24-36)28-68-46-19-48(44(54)17-42(46)52(66)62-13-5-9-38(64)26-62)70-30-35-7-3-11-40(50(35)56)39-10-2-6-34(49(39)55)29-69-47-18-45(67-27-32-14-31(20-57)21-59-22-32)41(16-43(47)53)51(65)61-12-4-8-37(63)25-61/h2-3,6-7,10-11,14-19,21-24,37-38,63-64H,4-5,8-9,12-13,25-30H2. The van der Waals surface area contributed by atoms with Crippen LogP contribution in [0.1, 0.15) is 74.2 Å². The molecule has 0 aliphatic carbocycles. The van der Waals surface area contributed by atoms with E-state index in [0.717, 1.165) is 0 Å². The van der Waals surface area contributed by atoms with Crippen molar-refractivity contribution in [2.75, 3.05) is 26.2 Å². The van der Waals surface area contributed by atoms with Crippen LogP contribution in [0.25, 0.3) is 16.0 Å². The summed E-state index contributed by atoms with van der Waals surface area (Å²) in [5.41, 5.74) is 4.71. The van der Waals surface area contributed by atoms with Gasteiger partial charge in [0.2, 0.25) is 5.69 Å². The Morgan fingerprint density at radius 1 is 0.657 bits per heavy atom. The quantitative estimate of drug-likeness (QED) is 0.0938. The van der Waals surface area contributed by atoms with E-state index in [-0.39, 0.29) is 95.5 Å². The number of aliphatic hydroxyl groups is 2. The Morgan fingerprint density at radius 2 is 1.13 bits per heavy atom. The van der Waals surface area contributed by atoms with E-state index in [1.165, 1.54) is 30.6 Å². The highest BCUT2D eigenvalue weighted by Gasteiger charge is 2.29. The van der Waals surface area contributed by atoms with E-state index >= 15 is 0 Å². The van der Waals surface area contributed by atoms with Crippen LogP contribution in [0.2, 0.25) is 20.1 Å². The minimum Gasteiger partial charge on any atom is -0.488 e. The molecule has 2 atom stereocenters. The SMILES string of the molecule is [C-]#[N+]c1cncc(COc2cc(OCc3cccc(-c4cccc(COc5cc(OCc6cncc(C#N)c6)c(C(=O)N6CCCC(O)C6)cc5Cl)c4Cl)c3Cl)c(Cl)cc2C(=O)N2CCCC(O)C2)c1. The molecule has 2 saturated heterocycles. The number of nitrogens with zero attached hydrogens (tertiary/aromatic N) is 6. The van der Waals surface area contributed by atoms with Crippen molar-refractivity contribution in [3.8, 4) is 40.2 Å². The van der Waals surface area contributed by atoms with Crippen LogP contribution >= 0.6 is 46.4 Å². The van der Waals surface area contributed by atoms with Crippen LogP contribution in [0.5, 0.6) is 23.0 Å². The molecule has 2 amide bonds. The van der Waals surface area contributed by atoms with E-state index in [1.807, 2.05) is 24.3 Å². The monoisotopic (exact) mass is 1020 g/mol. The summed E-state index contributed by atoms with van der Waals surface area (Å²) in [5, 5.41) is 31.0. The number of halogens is 4. The molecule has 0 bridgehead atoms. The van der Waals surface area contributed by atoms with Gasteiger partial charge in [0.1, 0.15) is 55.5 Å². The first-order valence-corrected chi connectivity index (χ1v) is 23.7. The summed E-state index contributed by atoms with van der Waals surface area (Å²) in [4.78, 5) is 42.4. The third-order valence-electron chi connectivity index (χ3n) is 11.7. The number of aliphatic hydroxyl groups excluding tert-OH is 2. The van der Waals surface area contributed by atoms with Gasteiger partial charge in [0, 0.05) is 90.9 Å². The van der Waals surface area contributed by atoms with Crippen LogP contribution in [-0.4, -0.2) is 80.2 Å². The lowest BCUT2D eigenvalue weighted by molar-refractivity contribution is 0.0468. The molecule has 2 aliphatic rings. The van der Waals surface area contributed by atoms with Crippen molar-refractivity contribution in [2.24, 2.45) is 0 Å². The molecule has 2 aromatic heterocycles. The maximum atomic E-state index is 13.8. The van der Waals surface area contributed by atoms with Crippen LogP contribution in [0.4, 0.5) is 5.69 Å². The normalized spacial score (nSPS) is 15.7. The Morgan fingerprint density at radius 3 is 1.60 bits per heavy atom. The second-order valence-corrected chi connectivity index (χ2v) is 18.3. The summed E-state index contributed by atoms with van der Waals surface area (Å²) in [6.07, 6.45) is 7.23. The first kappa shape index (κ1) is 49.8. The van der Waals surface area contributed by atoms with Gasteiger partial charge in [-0.25, -0.2) is 4.85 Å². The summed E-state index contributed by atoms with van der Waals surface area (Å²) in [5.74, 6) is 0.101. The number of β-amino-alcohol motifs (C(OH)–C–C–N with tert-alkyl or cyclic N) is 2. The summed E-state index contributed by atoms with van der Waals surface area (Å²) in [7, 11) is 0. The van der Waals surface area contributed by atoms with Crippen molar-refractivity contribution in [3.63, 3.8) is 0 Å². The second kappa shape index (κ2) is 22.9. The first-order valence-electron chi connectivity index (χ1n) is 22.2. The van der Waals surface area contributed by atoms with Gasteiger partial charge < -0.3 is 39.0 Å².